The van der Waals surface area contributed by atoms with Crippen molar-refractivity contribution >= 4 is 54.6 Å². The van der Waals surface area contributed by atoms with Crippen LogP contribution in [-0.4, -0.2) is 8.73 Å². The third-order valence-corrected chi connectivity index (χ3v) is 7.33. The van der Waals surface area contributed by atoms with E-state index in [1.165, 1.54) is 23.3 Å². The Morgan fingerprint density at radius 2 is 1.71 bits per heavy atom. The zero-order valence-electron chi connectivity index (χ0n) is 9.44. The second-order valence-corrected chi connectivity index (χ2v) is 8.09. The molecule has 1 rings (SSSR count). The summed E-state index contributed by atoms with van der Waals surface area (Å²) in [6.07, 6.45) is 1.09. The Morgan fingerprint density at radius 3 is 2.12 bits per heavy atom. The fraction of sp³-hybridized carbons (Fsp3) is 0.417. The first-order valence-corrected chi connectivity index (χ1v) is 8.67. The minimum absolute atomic E-state index is 0.366. The molecule has 17 heavy (non-hydrogen) atoms. The van der Waals surface area contributed by atoms with Crippen LogP contribution in [0.5, 0.6) is 0 Å². The summed E-state index contributed by atoms with van der Waals surface area (Å²) in [7, 11) is 0. The number of alkyl halides is 1. The van der Waals surface area contributed by atoms with Crippen molar-refractivity contribution in [3.63, 3.8) is 0 Å². The molecule has 1 unspecified atom stereocenters. The average Bonchev–Trinajstić information content (AvgIpc) is 2.23. The summed E-state index contributed by atoms with van der Waals surface area (Å²) >= 11 is 23.1. The molecule has 0 fully saturated rings. The van der Waals surface area contributed by atoms with E-state index in [4.69, 9.17) is 34.8 Å². The van der Waals surface area contributed by atoms with Crippen LogP contribution in [0.15, 0.2) is 12.1 Å². The van der Waals surface area contributed by atoms with E-state index in [2.05, 4.69) is 29.8 Å². The van der Waals surface area contributed by atoms with Crippen LogP contribution in [-0.2, 0) is 19.4 Å². The van der Waals surface area contributed by atoms with E-state index in [1.807, 2.05) is 12.1 Å². The molecule has 0 amide bonds. The first-order valence-electron chi connectivity index (χ1n) is 5.15. The molecule has 0 aliphatic carbocycles. The molecule has 0 aliphatic heterocycles. The van der Waals surface area contributed by atoms with E-state index >= 15 is 0 Å². The van der Waals surface area contributed by atoms with Crippen LogP contribution in [0.4, 0.5) is 0 Å². The SMILES string of the molecule is CC(C)CC(Br)[C](=[W])c1cc(Cl)c(Cl)c(Cl)c1. The Morgan fingerprint density at radius 1 is 1.24 bits per heavy atom. The molecule has 0 aliphatic rings. The molecule has 0 aromatic heterocycles. The first-order chi connectivity index (χ1) is 7.82. The summed E-state index contributed by atoms with van der Waals surface area (Å²) in [5.41, 5.74) is 1.07. The van der Waals surface area contributed by atoms with Crippen molar-refractivity contribution in [2.24, 2.45) is 5.92 Å². The van der Waals surface area contributed by atoms with Gasteiger partial charge in [0.25, 0.3) is 0 Å². The van der Waals surface area contributed by atoms with Gasteiger partial charge in [-0.05, 0) is 0 Å². The molecule has 0 saturated carbocycles. The van der Waals surface area contributed by atoms with Gasteiger partial charge in [-0.3, -0.25) is 0 Å². The summed E-state index contributed by atoms with van der Waals surface area (Å²) < 4.78 is 1.30. The van der Waals surface area contributed by atoms with Crippen molar-refractivity contribution in [2.45, 2.75) is 25.1 Å². The third kappa shape index (κ3) is 4.62. The van der Waals surface area contributed by atoms with Gasteiger partial charge in [-0.15, -0.1) is 0 Å². The molecule has 0 spiro atoms. The predicted molar refractivity (Wildman–Crippen MR) is 77.8 cm³/mol. The maximum atomic E-state index is 6.04. The molecular formula is C12H12BrCl3W. The van der Waals surface area contributed by atoms with Crippen LogP contribution in [0.1, 0.15) is 25.8 Å². The number of hydrogen-bond acceptors (Lipinski definition) is 0. The minimum atomic E-state index is 0.366. The molecule has 0 saturated heterocycles. The van der Waals surface area contributed by atoms with Crippen molar-refractivity contribution in [1.29, 1.82) is 0 Å². The molecule has 5 heteroatoms. The van der Waals surface area contributed by atoms with Gasteiger partial charge in [-0.25, -0.2) is 0 Å². The van der Waals surface area contributed by atoms with E-state index < -0.39 is 0 Å². The Balaban J connectivity index is 2.97. The zero-order chi connectivity index (χ0) is 13.2. The van der Waals surface area contributed by atoms with Crippen molar-refractivity contribution in [3.05, 3.63) is 32.8 Å². The maximum absolute atomic E-state index is 6.04. The van der Waals surface area contributed by atoms with Crippen LogP contribution >= 0.6 is 50.7 Å². The number of halogens is 4. The Hall–Kier alpha value is 1.13. The van der Waals surface area contributed by atoms with Crippen LogP contribution < -0.4 is 0 Å². The summed E-state index contributed by atoms with van der Waals surface area (Å²) in [5, 5.41) is 1.45. The molecule has 0 radical (unpaired) electrons. The van der Waals surface area contributed by atoms with Gasteiger partial charge < -0.3 is 0 Å². The van der Waals surface area contributed by atoms with E-state index in [9.17, 15) is 0 Å². The van der Waals surface area contributed by atoms with Gasteiger partial charge in [-0.2, -0.15) is 0 Å². The second-order valence-electron chi connectivity index (χ2n) is 4.22. The van der Waals surface area contributed by atoms with Crippen molar-refractivity contribution in [3.8, 4) is 0 Å². The summed E-state index contributed by atoms with van der Waals surface area (Å²) in [4.78, 5) is 0.366. The Bertz CT molecular complexity index is 409. The van der Waals surface area contributed by atoms with Crippen molar-refractivity contribution < 1.29 is 19.4 Å². The van der Waals surface area contributed by atoms with Crippen LogP contribution in [0.2, 0.25) is 15.1 Å². The third-order valence-electron chi connectivity index (χ3n) is 2.23. The van der Waals surface area contributed by atoms with Crippen molar-refractivity contribution in [1.82, 2.24) is 0 Å². The second kappa shape index (κ2) is 7.06. The fourth-order valence-electron chi connectivity index (χ4n) is 1.40. The molecule has 1 aromatic rings. The summed E-state index contributed by atoms with van der Waals surface area (Å²) in [6, 6.07) is 3.76. The van der Waals surface area contributed by atoms with E-state index in [0.717, 1.165) is 12.0 Å². The molecule has 1 atom stereocenters. The van der Waals surface area contributed by atoms with Gasteiger partial charge in [0.1, 0.15) is 0 Å². The molecule has 0 N–H and O–H groups in total. The molecule has 1 aromatic carbocycles. The van der Waals surface area contributed by atoms with Gasteiger partial charge >= 0.3 is 138 Å². The molecule has 94 valence electrons. The Labute approximate surface area is 137 Å². The Kier molecular flexibility index (Phi) is 6.72. The molecule has 0 heterocycles. The van der Waals surface area contributed by atoms with Gasteiger partial charge in [0.15, 0.2) is 0 Å². The average molecular weight is 526 g/mol. The topological polar surface area (TPSA) is 0 Å². The van der Waals surface area contributed by atoms with E-state index in [-0.39, 0.29) is 0 Å². The van der Waals surface area contributed by atoms with Gasteiger partial charge in [-0.1, -0.05) is 0 Å². The van der Waals surface area contributed by atoms with Crippen molar-refractivity contribution in [2.75, 3.05) is 0 Å². The first kappa shape index (κ1) is 16.2. The van der Waals surface area contributed by atoms with Gasteiger partial charge in [0, 0.05) is 0 Å². The number of hydrogen-bond donors (Lipinski definition) is 0. The number of rotatable bonds is 4. The normalized spacial score (nSPS) is 12.9. The van der Waals surface area contributed by atoms with Crippen LogP contribution in [0.25, 0.3) is 0 Å². The standard InChI is InChI=1S/C12H12BrCl3.W/c1-7(2)3-9(13)4-8-5-10(14)12(16)11(15)6-8;/h5-7,9H,3H2,1-2H3;. The van der Waals surface area contributed by atoms with Gasteiger partial charge in [0.05, 0.1) is 0 Å². The summed E-state index contributed by atoms with van der Waals surface area (Å²) in [6.45, 7) is 4.41. The van der Waals surface area contributed by atoms with Crippen LogP contribution in [0, 0.1) is 5.92 Å². The van der Waals surface area contributed by atoms with E-state index in [1.54, 1.807) is 0 Å². The summed E-state index contributed by atoms with van der Waals surface area (Å²) in [5.74, 6) is 0.645. The molecule has 0 nitrogen and oxygen atoms in total. The fourth-order valence-corrected chi connectivity index (χ4v) is 3.78. The molecule has 0 bridgehead atoms. The predicted octanol–water partition coefficient (Wildman–Crippen LogP) is 5.52. The zero-order valence-corrected chi connectivity index (χ0v) is 16.2. The van der Waals surface area contributed by atoms with E-state index in [0.29, 0.717) is 25.8 Å². The molecular weight excluding hydrogens is 514 g/mol. The quantitative estimate of drug-likeness (QED) is 0.358. The monoisotopic (exact) mass is 524 g/mol. The number of benzene rings is 1. The van der Waals surface area contributed by atoms with Crippen LogP contribution in [0.3, 0.4) is 0 Å². The van der Waals surface area contributed by atoms with Gasteiger partial charge in [0.2, 0.25) is 0 Å².